The van der Waals surface area contributed by atoms with Crippen LogP contribution in [0.25, 0.3) is 5.69 Å². The van der Waals surface area contributed by atoms with Crippen LogP contribution < -0.4 is 10.9 Å². The predicted octanol–water partition coefficient (Wildman–Crippen LogP) is 3.38. The largest absolute Gasteiger partial charge is 0.323 e. The van der Waals surface area contributed by atoms with Crippen LogP contribution in [0.15, 0.2) is 64.7 Å². The van der Waals surface area contributed by atoms with Gasteiger partial charge in [0.05, 0.1) is 17.1 Å². The van der Waals surface area contributed by atoms with Crippen molar-refractivity contribution in [1.82, 2.24) is 9.55 Å². The number of carbonyl (C=O) groups is 1. The van der Waals surface area contributed by atoms with Gasteiger partial charge < -0.3 is 5.32 Å². The van der Waals surface area contributed by atoms with E-state index in [-0.39, 0.29) is 22.2 Å². The number of rotatable bonds is 5. The third kappa shape index (κ3) is 4.37. The zero-order valence-electron chi connectivity index (χ0n) is 13.7. The fourth-order valence-electron chi connectivity index (χ4n) is 2.21. The van der Waals surface area contributed by atoms with Crippen LogP contribution in [0.5, 0.6) is 0 Å². The minimum Gasteiger partial charge on any atom is -0.323 e. The van der Waals surface area contributed by atoms with Gasteiger partial charge in [-0.25, -0.2) is 18.2 Å². The number of para-hydroxylation sites is 1. The van der Waals surface area contributed by atoms with Crippen molar-refractivity contribution in [3.8, 4) is 5.69 Å². The van der Waals surface area contributed by atoms with Gasteiger partial charge in [0, 0.05) is 18.5 Å². The smallest absolute Gasteiger partial charge is 0.287 e. The Balaban J connectivity index is 1.74. The Labute approximate surface area is 155 Å². The van der Waals surface area contributed by atoms with Crippen LogP contribution in [-0.2, 0) is 4.79 Å². The molecule has 1 heterocycles. The molecule has 0 fully saturated rings. The molecule has 0 radical (unpaired) electrons. The summed E-state index contributed by atoms with van der Waals surface area (Å²) in [6.07, 6.45) is 2.61. The summed E-state index contributed by atoms with van der Waals surface area (Å²) in [6, 6.07) is 8.73. The highest BCUT2D eigenvalue weighted by Gasteiger charge is 2.12. The standard InChI is InChI=1S/C18H12F3N3O2S/c19-12-6-5-11(9-14(12)21)24-8-7-22-17(18(24)26)27-10-16(25)23-15-4-2-1-3-13(15)20/h1-9H,10H2,(H,23,25). The van der Waals surface area contributed by atoms with Gasteiger partial charge in [0.2, 0.25) is 5.91 Å². The second-order valence-corrected chi connectivity index (χ2v) is 6.29. The highest BCUT2D eigenvalue weighted by atomic mass is 32.2. The fourth-order valence-corrected chi connectivity index (χ4v) is 2.91. The number of amides is 1. The molecule has 1 aromatic heterocycles. The first-order chi connectivity index (χ1) is 13.0. The molecule has 3 aromatic rings. The van der Waals surface area contributed by atoms with Crippen molar-refractivity contribution in [2.75, 3.05) is 11.1 Å². The van der Waals surface area contributed by atoms with E-state index in [1.54, 1.807) is 6.07 Å². The molecule has 0 saturated carbocycles. The Morgan fingerprint density at radius 2 is 1.85 bits per heavy atom. The second kappa shape index (κ2) is 8.09. The van der Waals surface area contributed by atoms with E-state index in [4.69, 9.17) is 0 Å². The van der Waals surface area contributed by atoms with E-state index in [1.807, 2.05) is 0 Å². The van der Waals surface area contributed by atoms with Crippen molar-refractivity contribution >= 4 is 23.4 Å². The van der Waals surface area contributed by atoms with E-state index < -0.39 is 28.9 Å². The lowest BCUT2D eigenvalue weighted by molar-refractivity contribution is -0.113. The van der Waals surface area contributed by atoms with Gasteiger partial charge in [0.25, 0.3) is 5.56 Å². The van der Waals surface area contributed by atoms with Crippen LogP contribution in [0.4, 0.5) is 18.9 Å². The van der Waals surface area contributed by atoms with Gasteiger partial charge in [-0.15, -0.1) is 0 Å². The van der Waals surface area contributed by atoms with E-state index in [2.05, 4.69) is 10.3 Å². The Kier molecular flexibility index (Phi) is 5.60. The molecule has 138 valence electrons. The summed E-state index contributed by atoms with van der Waals surface area (Å²) >= 11 is 0.850. The molecule has 0 aliphatic heterocycles. The van der Waals surface area contributed by atoms with Gasteiger partial charge >= 0.3 is 0 Å². The van der Waals surface area contributed by atoms with Gasteiger partial charge in [-0.1, -0.05) is 23.9 Å². The van der Waals surface area contributed by atoms with Gasteiger partial charge in [0.1, 0.15) is 5.82 Å². The number of aromatic nitrogens is 2. The summed E-state index contributed by atoms with van der Waals surface area (Å²) in [4.78, 5) is 28.3. The van der Waals surface area contributed by atoms with Crippen molar-refractivity contribution in [1.29, 1.82) is 0 Å². The monoisotopic (exact) mass is 391 g/mol. The molecular formula is C18H12F3N3O2S. The Morgan fingerprint density at radius 3 is 2.59 bits per heavy atom. The molecule has 0 saturated heterocycles. The molecule has 1 amide bonds. The maximum atomic E-state index is 13.5. The van der Waals surface area contributed by atoms with E-state index >= 15 is 0 Å². The summed E-state index contributed by atoms with van der Waals surface area (Å²) < 4.78 is 41.1. The highest BCUT2D eigenvalue weighted by molar-refractivity contribution is 7.99. The Hall–Kier alpha value is -3.07. The maximum Gasteiger partial charge on any atom is 0.287 e. The van der Waals surface area contributed by atoms with Crippen molar-refractivity contribution in [2.45, 2.75) is 5.03 Å². The van der Waals surface area contributed by atoms with Gasteiger partial charge in [-0.2, -0.15) is 0 Å². The molecular weight excluding hydrogens is 379 g/mol. The van der Waals surface area contributed by atoms with Gasteiger partial charge in [0.15, 0.2) is 16.7 Å². The molecule has 0 spiro atoms. The number of anilines is 1. The van der Waals surface area contributed by atoms with Crippen LogP contribution in [0, 0.1) is 17.5 Å². The molecule has 0 aliphatic rings. The number of nitrogens with one attached hydrogen (secondary N) is 1. The molecule has 1 N–H and O–H groups in total. The predicted molar refractivity (Wildman–Crippen MR) is 95.5 cm³/mol. The summed E-state index contributed by atoms with van der Waals surface area (Å²) in [5.41, 5.74) is -0.436. The molecule has 27 heavy (non-hydrogen) atoms. The van der Waals surface area contributed by atoms with Crippen LogP contribution in [-0.4, -0.2) is 21.2 Å². The average molecular weight is 391 g/mol. The van der Waals surface area contributed by atoms with E-state index in [9.17, 15) is 22.8 Å². The molecule has 3 rings (SSSR count). The summed E-state index contributed by atoms with van der Waals surface area (Å²) in [5.74, 6) is -3.39. The number of halogens is 3. The number of hydrogen-bond acceptors (Lipinski definition) is 4. The molecule has 0 atom stereocenters. The number of benzene rings is 2. The van der Waals surface area contributed by atoms with Crippen LogP contribution >= 0.6 is 11.8 Å². The normalized spacial score (nSPS) is 10.6. The van der Waals surface area contributed by atoms with Crippen LogP contribution in [0.3, 0.4) is 0 Å². The number of thioether (sulfide) groups is 1. The zero-order chi connectivity index (χ0) is 19.4. The van der Waals surface area contributed by atoms with Crippen LogP contribution in [0.2, 0.25) is 0 Å². The lowest BCUT2D eigenvalue weighted by Gasteiger charge is -2.08. The molecule has 2 aromatic carbocycles. The quantitative estimate of drug-likeness (QED) is 0.678. The first kappa shape index (κ1) is 18.7. The molecule has 0 unspecified atom stereocenters. The van der Waals surface area contributed by atoms with Crippen LogP contribution in [0.1, 0.15) is 0 Å². The van der Waals surface area contributed by atoms with Gasteiger partial charge in [-0.05, 0) is 24.3 Å². The third-order valence-electron chi connectivity index (χ3n) is 3.48. The number of hydrogen-bond donors (Lipinski definition) is 1. The minimum atomic E-state index is -1.09. The van der Waals surface area contributed by atoms with Crippen molar-refractivity contribution in [3.05, 3.63) is 82.7 Å². The maximum absolute atomic E-state index is 13.5. The minimum absolute atomic E-state index is 0.00841. The zero-order valence-corrected chi connectivity index (χ0v) is 14.5. The summed E-state index contributed by atoms with van der Waals surface area (Å²) in [5, 5.41) is 2.39. The first-order valence-corrected chi connectivity index (χ1v) is 8.64. The van der Waals surface area contributed by atoms with Crippen molar-refractivity contribution in [3.63, 3.8) is 0 Å². The average Bonchev–Trinajstić information content (AvgIpc) is 2.65. The first-order valence-electron chi connectivity index (χ1n) is 7.66. The van der Waals surface area contributed by atoms with Crippen molar-refractivity contribution in [2.24, 2.45) is 0 Å². The lowest BCUT2D eigenvalue weighted by Crippen LogP contribution is -2.22. The van der Waals surface area contributed by atoms with Gasteiger partial charge in [-0.3, -0.25) is 14.2 Å². The fraction of sp³-hybridized carbons (Fsp3) is 0.0556. The second-order valence-electron chi connectivity index (χ2n) is 5.32. The Morgan fingerprint density at radius 1 is 1.07 bits per heavy atom. The Bertz CT molecular complexity index is 1060. The molecule has 0 aliphatic carbocycles. The number of nitrogens with zero attached hydrogens (tertiary/aromatic N) is 2. The van der Waals surface area contributed by atoms with Crippen molar-refractivity contribution < 1.29 is 18.0 Å². The topological polar surface area (TPSA) is 64.0 Å². The summed E-state index contributed by atoms with van der Waals surface area (Å²) in [6.45, 7) is 0. The van der Waals surface area contributed by atoms with E-state index in [0.717, 1.165) is 28.5 Å². The highest BCUT2D eigenvalue weighted by Crippen LogP contribution is 2.16. The molecule has 5 nitrogen and oxygen atoms in total. The van der Waals surface area contributed by atoms with E-state index in [1.165, 1.54) is 36.7 Å². The molecule has 0 bridgehead atoms. The number of carbonyl (C=O) groups excluding carboxylic acids is 1. The van der Waals surface area contributed by atoms with E-state index in [0.29, 0.717) is 0 Å². The lowest BCUT2D eigenvalue weighted by atomic mass is 10.3. The summed E-state index contributed by atoms with van der Waals surface area (Å²) in [7, 11) is 0. The SMILES string of the molecule is O=C(CSc1nccn(-c2ccc(F)c(F)c2)c1=O)Nc1ccccc1F. The molecule has 9 heteroatoms. The third-order valence-corrected chi connectivity index (χ3v) is 4.44.